The molecule has 2 rings (SSSR count). The van der Waals surface area contributed by atoms with E-state index in [0.717, 1.165) is 11.1 Å². The summed E-state index contributed by atoms with van der Waals surface area (Å²) in [7, 11) is 0. The van der Waals surface area contributed by atoms with Crippen molar-refractivity contribution in [2.45, 2.75) is 34.2 Å². The molecule has 0 bridgehead atoms. The molecule has 164 valence electrons. The molecule has 2 aromatic rings. The van der Waals surface area contributed by atoms with E-state index >= 15 is 0 Å². The predicted molar refractivity (Wildman–Crippen MR) is 119 cm³/mol. The van der Waals surface area contributed by atoms with Crippen molar-refractivity contribution in [1.29, 1.82) is 0 Å². The Bertz CT molecular complexity index is 931. The van der Waals surface area contributed by atoms with Crippen LogP contribution in [0, 0.1) is 5.92 Å². The summed E-state index contributed by atoms with van der Waals surface area (Å²) in [6.07, 6.45) is 0.812. The van der Waals surface area contributed by atoms with E-state index < -0.39 is 6.16 Å². The topological polar surface area (TPSA) is 93.7 Å². The first-order valence-electron chi connectivity index (χ1n) is 10.1. The molecule has 0 heterocycles. The van der Waals surface area contributed by atoms with E-state index in [2.05, 4.69) is 10.6 Å². The van der Waals surface area contributed by atoms with Crippen molar-refractivity contribution in [2.24, 2.45) is 5.92 Å². The zero-order valence-corrected chi connectivity index (χ0v) is 18.2. The summed E-state index contributed by atoms with van der Waals surface area (Å²) in [5.41, 5.74) is 3.03. The van der Waals surface area contributed by atoms with Crippen LogP contribution >= 0.6 is 0 Å². The molecule has 2 amide bonds. The highest BCUT2D eigenvalue weighted by molar-refractivity contribution is 5.99. The zero-order chi connectivity index (χ0) is 22.8. The van der Waals surface area contributed by atoms with Gasteiger partial charge in [-0.05, 0) is 61.7 Å². The lowest BCUT2D eigenvalue weighted by molar-refractivity contribution is -0.112. The third-order valence-electron chi connectivity index (χ3n) is 4.52. The van der Waals surface area contributed by atoms with Crippen molar-refractivity contribution in [1.82, 2.24) is 5.32 Å². The van der Waals surface area contributed by atoms with E-state index in [4.69, 9.17) is 9.47 Å². The van der Waals surface area contributed by atoms with Crippen LogP contribution in [0.25, 0.3) is 0 Å². The van der Waals surface area contributed by atoms with Crippen LogP contribution in [0.15, 0.2) is 60.2 Å². The molecule has 2 N–H and O–H groups in total. The molecule has 0 radical (unpaired) electrons. The monoisotopic (exact) mass is 424 g/mol. The van der Waals surface area contributed by atoms with Gasteiger partial charge in [0.25, 0.3) is 5.91 Å². The summed E-state index contributed by atoms with van der Waals surface area (Å²) < 4.78 is 9.66. The number of allylic oxidation sites excluding steroid dienone is 1. The van der Waals surface area contributed by atoms with Crippen LogP contribution in [-0.2, 0) is 16.1 Å². The van der Waals surface area contributed by atoms with E-state index in [1.807, 2.05) is 32.9 Å². The summed E-state index contributed by atoms with van der Waals surface area (Å²) >= 11 is 0. The Hall–Kier alpha value is -3.61. The van der Waals surface area contributed by atoms with Crippen molar-refractivity contribution >= 4 is 23.7 Å². The number of nitrogens with one attached hydrogen (secondary N) is 2. The van der Waals surface area contributed by atoms with Gasteiger partial charge in [0.2, 0.25) is 5.91 Å². The van der Waals surface area contributed by atoms with Crippen LogP contribution in [0.3, 0.4) is 0 Å². The van der Waals surface area contributed by atoms with Gasteiger partial charge in [0.1, 0.15) is 5.75 Å². The lowest BCUT2D eigenvalue weighted by Gasteiger charge is -2.09. The Kier molecular flexibility index (Phi) is 8.81. The molecule has 0 aliphatic carbocycles. The van der Waals surface area contributed by atoms with E-state index in [0.29, 0.717) is 29.5 Å². The van der Waals surface area contributed by atoms with Gasteiger partial charge in [0.05, 0.1) is 6.61 Å². The van der Waals surface area contributed by atoms with Crippen LogP contribution in [0.4, 0.5) is 10.5 Å². The number of carbonyl (C=O) groups is 3. The highest BCUT2D eigenvalue weighted by Crippen LogP contribution is 2.14. The molecule has 0 atom stereocenters. The molecule has 31 heavy (non-hydrogen) atoms. The maximum Gasteiger partial charge on any atom is 0.513 e. The minimum Gasteiger partial charge on any atom is -0.434 e. The molecular formula is C24H28N2O5. The number of hydrogen-bond acceptors (Lipinski definition) is 5. The smallest absolute Gasteiger partial charge is 0.434 e. The second kappa shape index (κ2) is 11.5. The normalized spacial score (nSPS) is 11.1. The van der Waals surface area contributed by atoms with Crippen LogP contribution < -0.4 is 15.4 Å². The molecular weight excluding hydrogens is 396 g/mol. The van der Waals surface area contributed by atoms with Crippen LogP contribution in [0.2, 0.25) is 0 Å². The Morgan fingerprint density at radius 1 is 1.00 bits per heavy atom. The van der Waals surface area contributed by atoms with Crippen molar-refractivity contribution in [3.05, 3.63) is 71.3 Å². The summed E-state index contributed by atoms with van der Waals surface area (Å²) in [6.45, 7) is 8.24. The molecule has 0 aliphatic rings. The second-order valence-electron chi connectivity index (χ2n) is 7.22. The van der Waals surface area contributed by atoms with Gasteiger partial charge in [-0.3, -0.25) is 9.59 Å². The molecule has 0 fully saturated rings. The van der Waals surface area contributed by atoms with Crippen LogP contribution in [0.5, 0.6) is 5.75 Å². The highest BCUT2D eigenvalue weighted by Gasteiger charge is 2.09. The summed E-state index contributed by atoms with van der Waals surface area (Å²) in [5.74, 6) is 0.195. The van der Waals surface area contributed by atoms with Gasteiger partial charge in [-0.2, -0.15) is 0 Å². The lowest BCUT2D eigenvalue weighted by Crippen LogP contribution is -2.22. The molecule has 7 nitrogen and oxygen atoms in total. The van der Waals surface area contributed by atoms with Gasteiger partial charge < -0.3 is 20.1 Å². The summed E-state index contributed by atoms with van der Waals surface area (Å²) in [4.78, 5) is 35.6. The predicted octanol–water partition coefficient (Wildman–Crippen LogP) is 4.69. The Labute approximate surface area is 182 Å². The van der Waals surface area contributed by atoms with Gasteiger partial charge in [0.15, 0.2) is 0 Å². The Morgan fingerprint density at radius 3 is 2.23 bits per heavy atom. The van der Waals surface area contributed by atoms with E-state index in [9.17, 15) is 14.4 Å². The van der Waals surface area contributed by atoms with Crippen molar-refractivity contribution in [3.8, 4) is 5.75 Å². The minimum atomic E-state index is -0.787. The number of amides is 2. The lowest BCUT2D eigenvalue weighted by atomic mass is 10.1. The van der Waals surface area contributed by atoms with E-state index in [1.165, 1.54) is 12.1 Å². The number of carbonyl (C=O) groups excluding carboxylic acids is 3. The van der Waals surface area contributed by atoms with Crippen molar-refractivity contribution in [2.75, 3.05) is 11.9 Å². The fraction of sp³-hybridized carbons (Fsp3) is 0.292. The second-order valence-corrected chi connectivity index (χ2v) is 7.22. The number of benzene rings is 2. The quantitative estimate of drug-likeness (QED) is 0.364. The third-order valence-corrected chi connectivity index (χ3v) is 4.52. The fourth-order valence-electron chi connectivity index (χ4n) is 2.46. The zero-order valence-electron chi connectivity index (χ0n) is 18.2. The van der Waals surface area contributed by atoms with Crippen LogP contribution in [-0.4, -0.2) is 24.6 Å². The summed E-state index contributed by atoms with van der Waals surface area (Å²) in [5, 5.41) is 5.65. The molecule has 7 heteroatoms. The van der Waals surface area contributed by atoms with Crippen LogP contribution in [0.1, 0.15) is 43.6 Å². The molecule has 2 aromatic carbocycles. The molecule has 0 saturated heterocycles. The summed E-state index contributed by atoms with van der Waals surface area (Å²) in [6, 6.07) is 13.4. The van der Waals surface area contributed by atoms with E-state index in [-0.39, 0.29) is 18.4 Å². The van der Waals surface area contributed by atoms with Gasteiger partial charge in [0, 0.05) is 23.9 Å². The number of rotatable bonds is 8. The number of hydrogen-bond donors (Lipinski definition) is 2. The third kappa shape index (κ3) is 7.97. The SMILES string of the molecule is CCOC(=O)Oc1ccc(C(=O)NCc2ccc(NC(=O)/C=C(\C)C(C)C)cc2)cc1. The maximum absolute atomic E-state index is 12.3. The average molecular weight is 424 g/mol. The fourth-order valence-corrected chi connectivity index (χ4v) is 2.46. The largest absolute Gasteiger partial charge is 0.513 e. The molecule has 0 aliphatic heterocycles. The standard InChI is InChI=1S/C24H28N2O5/c1-5-30-24(29)31-21-12-8-19(9-13-21)23(28)25-15-18-6-10-20(11-7-18)26-22(27)14-17(4)16(2)3/h6-14,16H,5,15H2,1-4H3,(H,25,28)(H,26,27)/b17-14+. The van der Waals surface area contributed by atoms with Gasteiger partial charge in [-0.25, -0.2) is 4.79 Å². The van der Waals surface area contributed by atoms with Crippen molar-refractivity contribution < 1.29 is 23.9 Å². The first-order chi connectivity index (χ1) is 14.8. The molecule has 0 unspecified atom stereocenters. The Morgan fingerprint density at radius 2 is 1.65 bits per heavy atom. The first kappa shape index (κ1) is 23.7. The van der Waals surface area contributed by atoms with E-state index in [1.54, 1.807) is 37.3 Å². The van der Waals surface area contributed by atoms with Crippen molar-refractivity contribution in [3.63, 3.8) is 0 Å². The molecule has 0 aromatic heterocycles. The highest BCUT2D eigenvalue weighted by atomic mass is 16.7. The average Bonchev–Trinajstić information content (AvgIpc) is 2.73. The number of ether oxygens (including phenoxy) is 2. The minimum absolute atomic E-state index is 0.164. The molecule has 0 saturated carbocycles. The first-order valence-corrected chi connectivity index (χ1v) is 10.1. The maximum atomic E-state index is 12.3. The van der Waals surface area contributed by atoms with Gasteiger partial charge >= 0.3 is 6.16 Å². The number of anilines is 1. The Balaban J connectivity index is 1.86. The van der Waals surface area contributed by atoms with Gasteiger partial charge in [-0.15, -0.1) is 0 Å². The van der Waals surface area contributed by atoms with Gasteiger partial charge in [-0.1, -0.05) is 31.6 Å². The molecule has 0 spiro atoms.